The number of aliphatic imine (C=N–C) groups is 1. The molecular weight excluding hydrogens is 223 g/mol. The first-order chi connectivity index (χ1) is 7.25. The van der Waals surface area contributed by atoms with Gasteiger partial charge in [-0.3, -0.25) is 4.99 Å². The van der Waals surface area contributed by atoms with Gasteiger partial charge in [0.05, 0.1) is 12.7 Å². The van der Waals surface area contributed by atoms with E-state index in [1.165, 1.54) is 6.92 Å². The van der Waals surface area contributed by atoms with Crippen LogP contribution in [-0.4, -0.2) is 25.5 Å². The Hall–Kier alpha value is -1.59. The van der Waals surface area contributed by atoms with Crippen LogP contribution in [0, 0.1) is 0 Å². The molecule has 0 unspecified atom stereocenters. The number of carbonyl (C=O) groups is 1. The predicted molar refractivity (Wildman–Crippen MR) is 54.1 cm³/mol. The Kier molecular flexibility index (Phi) is 4.94. The van der Waals surface area contributed by atoms with Crippen LogP contribution in [0.3, 0.4) is 0 Å². The molecule has 0 fully saturated rings. The molecule has 0 bridgehead atoms. The number of methoxy groups -OCH3 is 1. The van der Waals surface area contributed by atoms with E-state index in [0.717, 1.165) is 20.2 Å². The van der Waals surface area contributed by atoms with Crippen LogP contribution in [0.25, 0.3) is 0 Å². The zero-order valence-corrected chi connectivity index (χ0v) is 9.18. The second-order valence-electron chi connectivity index (χ2n) is 2.88. The molecule has 0 atom stereocenters. The third-order valence-electron chi connectivity index (χ3n) is 1.58. The van der Waals surface area contributed by atoms with Crippen LogP contribution in [0.4, 0.5) is 13.2 Å². The van der Waals surface area contributed by atoms with Crippen molar-refractivity contribution in [1.82, 2.24) is 0 Å². The van der Waals surface area contributed by atoms with Crippen molar-refractivity contribution >= 4 is 12.2 Å². The van der Waals surface area contributed by atoms with Gasteiger partial charge in [0.2, 0.25) is 0 Å². The topological polar surface area (TPSA) is 38.7 Å². The standard InChI is InChI=1S/C10H12F3NO2/c1-5-14-8(9(15)16-4)7(6(2)3)10(11,12)13/h5H,2H2,1,3-4H3/b8-7+,14-5?. The SMILES string of the molecule is C=C(C)/C(=C(\N=CC)C(=O)OC)C(F)(F)F. The molecule has 0 saturated heterocycles. The Morgan fingerprint density at radius 1 is 1.44 bits per heavy atom. The van der Waals surface area contributed by atoms with Crippen LogP contribution in [0.1, 0.15) is 13.8 Å². The number of carbonyl (C=O) groups excluding carboxylic acids is 1. The van der Waals surface area contributed by atoms with Crippen molar-refractivity contribution in [2.24, 2.45) is 4.99 Å². The van der Waals surface area contributed by atoms with E-state index < -0.39 is 23.4 Å². The number of nitrogens with zero attached hydrogens (tertiary/aromatic N) is 1. The molecule has 0 rings (SSSR count). The minimum atomic E-state index is -4.69. The molecule has 0 radical (unpaired) electrons. The van der Waals surface area contributed by atoms with Gasteiger partial charge in [0.1, 0.15) is 0 Å². The average molecular weight is 235 g/mol. The number of hydrogen-bond acceptors (Lipinski definition) is 3. The smallest absolute Gasteiger partial charge is 0.418 e. The average Bonchev–Trinajstić information content (AvgIpc) is 2.13. The van der Waals surface area contributed by atoms with E-state index in [0.29, 0.717) is 0 Å². The second-order valence-corrected chi connectivity index (χ2v) is 2.88. The van der Waals surface area contributed by atoms with E-state index in [2.05, 4.69) is 16.3 Å². The largest absolute Gasteiger partial charge is 0.464 e. The summed E-state index contributed by atoms with van der Waals surface area (Å²) in [6.07, 6.45) is -3.61. The fourth-order valence-electron chi connectivity index (χ4n) is 1.02. The lowest BCUT2D eigenvalue weighted by atomic mass is 10.1. The maximum absolute atomic E-state index is 12.6. The summed E-state index contributed by atoms with van der Waals surface area (Å²) >= 11 is 0. The molecule has 0 aromatic rings. The third kappa shape index (κ3) is 3.52. The highest BCUT2D eigenvalue weighted by atomic mass is 19.4. The Morgan fingerprint density at radius 3 is 2.19 bits per heavy atom. The highest BCUT2D eigenvalue weighted by Crippen LogP contribution is 2.33. The molecular formula is C10H12F3NO2. The van der Waals surface area contributed by atoms with Crippen molar-refractivity contribution in [3.63, 3.8) is 0 Å². The Morgan fingerprint density at radius 2 is 1.94 bits per heavy atom. The lowest BCUT2D eigenvalue weighted by Gasteiger charge is -2.13. The molecule has 0 aromatic heterocycles. The van der Waals surface area contributed by atoms with Crippen molar-refractivity contribution in [3.8, 4) is 0 Å². The number of esters is 1. The first kappa shape index (κ1) is 14.4. The molecule has 6 heteroatoms. The molecule has 0 N–H and O–H groups in total. The van der Waals surface area contributed by atoms with Gasteiger partial charge in [0.15, 0.2) is 5.70 Å². The quantitative estimate of drug-likeness (QED) is 0.326. The van der Waals surface area contributed by atoms with Crippen molar-refractivity contribution in [2.75, 3.05) is 7.11 Å². The summed E-state index contributed by atoms with van der Waals surface area (Å²) in [5, 5.41) is 0. The van der Waals surface area contributed by atoms with Crippen molar-refractivity contribution in [1.29, 1.82) is 0 Å². The number of allylic oxidation sites excluding steroid dienone is 2. The van der Waals surface area contributed by atoms with Gasteiger partial charge in [-0.2, -0.15) is 13.2 Å². The molecule has 16 heavy (non-hydrogen) atoms. The number of ether oxygens (including phenoxy) is 1. The van der Waals surface area contributed by atoms with Gasteiger partial charge < -0.3 is 4.74 Å². The number of hydrogen-bond donors (Lipinski definition) is 0. The third-order valence-corrected chi connectivity index (χ3v) is 1.58. The molecule has 0 aliphatic carbocycles. The first-order valence-electron chi connectivity index (χ1n) is 4.30. The fraction of sp³-hybridized carbons (Fsp3) is 0.400. The summed E-state index contributed by atoms with van der Waals surface area (Å²) < 4.78 is 42.2. The second kappa shape index (κ2) is 5.48. The van der Waals surface area contributed by atoms with Crippen LogP contribution in [-0.2, 0) is 9.53 Å². The van der Waals surface area contributed by atoms with Gasteiger partial charge in [-0.1, -0.05) is 6.58 Å². The molecule has 90 valence electrons. The summed E-state index contributed by atoms with van der Waals surface area (Å²) in [4.78, 5) is 14.5. The minimum absolute atomic E-state index is 0.293. The fourth-order valence-corrected chi connectivity index (χ4v) is 1.02. The molecule has 0 saturated carbocycles. The van der Waals surface area contributed by atoms with Crippen LogP contribution < -0.4 is 0 Å². The molecule has 3 nitrogen and oxygen atoms in total. The number of rotatable bonds is 3. The maximum atomic E-state index is 12.6. The molecule has 0 aliphatic heterocycles. The van der Waals surface area contributed by atoms with Crippen LogP contribution in [0.5, 0.6) is 0 Å². The van der Waals surface area contributed by atoms with E-state index in [1.807, 2.05) is 0 Å². The normalized spacial score (nSPS) is 13.6. The Labute approximate surface area is 91.3 Å². The maximum Gasteiger partial charge on any atom is 0.418 e. The summed E-state index contributed by atoms with van der Waals surface area (Å²) in [7, 11) is 0.986. The summed E-state index contributed by atoms with van der Waals surface area (Å²) in [6.45, 7) is 5.73. The van der Waals surface area contributed by atoms with Gasteiger partial charge in [0, 0.05) is 6.21 Å². The van der Waals surface area contributed by atoms with Crippen LogP contribution in [0.2, 0.25) is 0 Å². The minimum Gasteiger partial charge on any atom is -0.464 e. The monoisotopic (exact) mass is 235 g/mol. The summed E-state index contributed by atoms with van der Waals surface area (Å²) in [6, 6.07) is 0. The summed E-state index contributed by atoms with van der Waals surface area (Å²) in [5.41, 5.74) is -2.25. The summed E-state index contributed by atoms with van der Waals surface area (Å²) in [5.74, 6) is -1.14. The number of alkyl halides is 3. The van der Waals surface area contributed by atoms with Gasteiger partial charge in [-0.15, -0.1) is 0 Å². The van der Waals surface area contributed by atoms with E-state index in [-0.39, 0.29) is 5.57 Å². The predicted octanol–water partition coefficient (Wildman–Crippen LogP) is 2.64. The van der Waals surface area contributed by atoms with E-state index in [4.69, 9.17) is 0 Å². The van der Waals surface area contributed by atoms with Crippen molar-refractivity contribution in [3.05, 3.63) is 23.4 Å². The molecule has 0 amide bonds. The first-order valence-corrected chi connectivity index (χ1v) is 4.30. The zero-order valence-electron chi connectivity index (χ0n) is 9.18. The van der Waals surface area contributed by atoms with Crippen molar-refractivity contribution in [2.45, 2.75) is 20.0 Å². The van der Waals surface area contributed by atoms with Crippen LogP contribution >= 0.6 is 0 Å². The Bertz CT molecular complexity index is 354. The van der Waals surface area contributed by atoms with E-state index >= 15 is 0 Å². The van der Waals surface area contributed by atoms with Crippen LogP contribution in [0.15, 0.2) is 28.4 Å². The van der Waals surface area contributed by atoms with E-state index in [1.54, 1.807) is 0 Å². The molecule has 0 spiro atoms. The lowest BCUT2D eigenvalue weighted by molar-refractivity contribution is -0.137. The highest BCUT2D eigenvalue weighted by molar-refractivity contribution is 5.91. The molecule has 0 heterocycles. The highest BCUT2D eigenvalue weighted by Gasteiger charge is 2.39. The van der Waals surface area contributed by atoms with Gasteiger partial charge >= 0.3 is 12.1 Å². The van der Waals surface area contributed by atoms with Gasteiger partial charge in [-0.05, 0) is 19.4 Å². The lowest BCUT2D eigenvalue weighted by Crippen LogP contribution is -2.19. The molecule has 0 aliphatic rings. The van der Waals surface area contributed by atoms with E-state index in [9.17, 15) is 18.0 Å². The van der Waals surface area contributed by atoms with Crippen molar-refractivity contribution < 1.29 is 22.7 Å². The molecule has 0 aromatic carbocycles. The van der Waals surface area contributed by atoms with Gasteiger partial charge in [0.25, 0.3) is 0 Å². The zero-order chi connectivity index (χ0) is 12.9. The number of halogens is 3. The van der Waals surface area contributed by atoms with Gasteiger partial charge in [-0.25, -0.2) is 4.79 Å². The Balaban J connectivity index is 5.84.